The topological polar surface area (TPSA) is 68.6 Å². The number of pyridine rings is 1. The van der Waals surface area contributed by atoms with Crippen molar-refractivity contribution in [3.8, 4) is 16.8 Å². The summed E-state index contributed by atoms with van der Waals surface area (Å²) in [4.78, 5) is 15.0. The third-order valence-corrected chi connectivity index (χ3v) is 8.43. The van der Waals surface area contributed by atoms with E-state index in [4.69, 9.17) is 4.74 Å². The lowest BCUT2D eigenvalue weighted by Gasteiger charge is -2.36. The third kappa shape index (κ3) is 4.94. The first-order valence-corrected chi connectivity index (χ1v) is 13.9. The Labute approximate surface area is 224 Å². The lowest BCUT2D eigenvalue weighted by atomic mass is 9.96. The van der Waals surface area contributed by atoms with Crippen LogP contribution in [0.15, 0.2) is 82.6 Å². The number of benzene rings is 3. The molecule has 2 heterocycles. The van der Waals surface area contributed by atoms with E-state index in [2.05, 4.69) is 4.90 Å². The van der Waals surface area contributed by atoms with Crippen LogP contribution in [-0.2, 0) is 14.6 Å². The molecule has 39 heavy (non-hydrogen) atoms. The molecule has 0 spiro atoms. The number of halogens is 3. The van der Waals surface area contributed by atoms with Gasteiger partial charge in [-0.25, -0.2) is 8.42 Å². The molecule has 1 aliphatic rings. The number of morpholine rings is 1. The summed E-state index contributed by atoms with van der Waals surface area (Å²) in [6, 6.07) is 17.5. The van der Waals surface area contributed by atoms with Crippen molar-refractivity contribution in [2.24, 2.45) is 0 Å². The van der Waals surface area contributed by atoms with Crippen LogP contribution in [0.5, 0.6) is 0 Å². The van der Waals surface area contributed by atoms with Crippen molar-refractivity contribution in [2.45, 2.75) is 43.4 Å². The fourth-order valence-corrected chi connectivity index (χ4v) is 5.96. The van der Waals surface area contributed by atoms with Crippen LogP contribution in [0, 0.1) is 6.92 Å². The van der Waals surface area contributed by atoms with Crippen LogP contribution >= 0.6 is 0 Å². The number of nitrogens with zero attached hydrogens (tertiary/aromatic N) is 2. The number of sulfone groups is 1. The number of fused-ring (bicyclic) bond motifs is 1. The lowest BCUT2D eigenvalue weighted by Crippen LogP contribution is -2.45. The van der Waals surface area contributed by atoms with Gasteiger partial charge in [-0.15, -0.1) is 0 Å². The van der Waals surface area contributed by atoms with E-state index in [9.17, 15) is 26.4 Å². The summed E-state index contributed by atoms with van der Waals surface area (Å²) in [5.74, 6) is 0. The number of anilines is 1. The number of hydrogen-bond donors (Lipinski definition) is 0. The van der Waals surface area contributed by atoms with Gasteiger partial charge in [-0.05, 0) is 85.3 Å². The molecule has 0 aliphatic carbocycles. The van der Waals surface area contributed by atoms with Gasteiger partial charge in [-0.3, -0.25) is 9.36 Å². The maximum Gasteiger partial charge on any atom is 0.501 e. The summed E-state index contributed by atoms with van der Waals surface area (Å²) in [6.07, 6.45) is 1.99. The summed E-state index contributed by atoms with van der Waals surface area (Å²) in [7, 11) is -5.45. The van der Waals surface area contributed by atoms with Crippen molar-refractivity contribution in [3.63, 3.8) is 0 Å². The van der Waals surface area contributed by atoms with Crippen molar-refractivity contribution < 1.29 is 26.3 Å². The first-order chi connectivity index (χ1) is 18.4. The molecule has 3 aromatic carbocycles. The van der Waals surface area contributed by atoms with Crippen molar-refractivity contribution >= 4 is 26.3 Å². The highest BCUT2D eigenvalue weighted by atomic mass is 32.2. The van der Waals surface area contributed by atoms with E-state index in [1.54, 1.807) is 29.0 Å². The van der Waals surface area contributed by atoms with Crippen LogP contribution in [0.3, 0.4) is 0 Å². The van der Waals surface area contributed by atoms with Gasteiger partial charge in [0.25, 0.3) is 15.4 Å². The summed E-state index contributed by atoms with van der Waals surface area (Å²) in [5.41, 5.74) is -1.97. The van der Waals surface area contributed by atoms with E-state index in [1.165, 1.54) is 12.1 Å². The lowest BCUT2D eigenvalue weighted by molar-refractivity contribution is -0.0436. The Morgan fingerprint density at radius 1 is 0.872 bits per heavy atom. The summed E-state index contributed by atoms with van der Waals surface area (Å²) in [6.45, 7) is 7.51. The van der Waals surface area contributed by atoms with Crippen molar-refractivity contribution in [1.29, 1.82) is 0 Å². The predicted molar refractivity (Wildman–Crippen MR) is 145 cm³/mol. The van der Waals surface area contributed by atoms with Gasteiger partial charge in [0.05, 0.1) is 17.1 Å². The van der Waals surface area contributed by atoms with Gasteiger partial charge >= 0.3 is 5.51 Å². The van der Waals surface area contributed by atoms with Crippen molar-refractivity contribution in [3.05, 3.63) is 88.8 Å². The monoisotopic (exact) mass is 556 g/mol. The van der Waals surface area contributed by atoms with Crippen LogP contribution < -0.4 is 10.5 Å². The molecule has 1 fully saturated rings. The van der Waals surface area contributed by atoms with Crippen molar-refractivity contribution in [2.75, 3.05) is 18.0 Å². The second-order valence-corrected chi connectivity index (χ2v) is 11.8. The first-order valence-electron chi connectivity index (χ1n) is 12.4. The van der Waals surface area contributed by atoms with E-state index in [-0.39, 0.29) is 17.8 Å². The highest BCUT2D eigenvalue weighted by Crippen LogP contribution is 2.34. The molecule has 2 atom stereocenters. The summed E-state index contributed by atoms with van der Waals surface area (Å²) in [5, 5.41) is 1.09. The Kier molecular flexibility index (Phi) is 6.80. The highest BCUT2D eigenvalue weighted by Gasteiger charge is 2.46. The van der Waals surface area contributed by atoms with Gasteiger partial charge < -0.3 is 9.64 Å². The average molecular weight is 557 g/mol. The highest BCUT2D eigenvalue weighted by molar-refractivity contribution is 7.92. The fraction of sp³-hybridized carbons (Fsp3) is 0.276. The second-order valence-electron chi connectivity index (χ2n) is 9.87. The molecular weight excluding hydrogens is 529 g/mol. The summed E-state index contributed by atoms with van der Waals surface area (Å²) >= 11 is 0. The van der Waals surface area contributed by atoms with Crippen molar-refractivity contribution in [1.82, 2.24) is 4.57 Å². The van der Waals surface area contributed by atoms with Gasteiger partial charge in [0.2, 0.25) is 0 Å². The van der Waals surface area contributed by atoms with Gasteiger partial charge in [0.15, 0.2) is 0 Å². The van der Waals surface area contributed by atoms with Crippen LogP contribution in [0.4, 0.5) is 18.9 Å². The Balaban J connectivity index is 1.52. The number of hydrogen-bond acceptors (Lipinski definition) is 5. The number of rotatable bonds is 4. The zero-order valence-electron chi connectivity index (χ0n) is 21.6. The molecule has 1 aromatic heterocycles. The third-order valence-electron chi connectivity index (χ3n) is 6.92. The SMILES string of the molecule is Cc1cn(-c2ccc(N3CC(C)O[C@H](C)C3)cc2)c(=O)c2cccc(-c3ccc(S(=O)(=O)C(F)(F)F)cc3)c12. The Morgan fingerprint density at radius 3 is 2.05 bits per heavy atom. The number of alkyl halides is 3. The van der Waals surface area contributed by atoms with E-state index >= 15 is 0 Å². The molecule has 5 rings (SSSR count). The average Bonchev–Trinajstić information content (AvgIpc) is 2.89. The number of ether oxygens (including phenoxy) is 1. The minimum Gasteiger partial charge on any atom is -0.372 e. The van der Waals surface area contributed by atoms with Gasteiger partial charge in [-0.2, -0.15) is 13.2 Å². The maximum atomic E-state index is 13.6. The van der Waals surface area contributed by atoms with Crippen LogP contribution in [0.2, 0.25) is 0 Å². The molecule has 4 aromatic rings. The Morgan fingerprint density at radius 2 is 1.46 bits per heavy atom. The normalized spacial score (nSPS) is 18.5. The first kappa shape index (κ1) is 27.0. The second kappa shape index (κ2) is 9.84. The number of aryl methyl sites for hydroxylation is 1. The minimum atomic E-state index is -5.45. The molecule has 204 valence electrons. The Hall–Kier alpha value is -3.63. The molecule has 0 amide bonds. The molecule has 10 heteroatoms. The molecule has 0 saturated carbocycles. The largest absolute Gasteiger partial charge is 0.501 e. The van der Waals surface area contributed by atoms with E-state index in [0.717, 1.165) is 36.5 Å². The molecule has 1 aliphatic heterocycles. The quantitative estimate of drug-likeness (QED) is 0.314. The minimum absolute atomic E-state index is 0.124. The smallest absolute Gasteiger partial charge is 0.372 e. The van der Waals surface area contributed by atoms with E-state index < -0.39 is 20.2 Å². The maximum absolute atomic E-state index is 13.6. The molecule has 0 radical (unpaired) electrons. The molecular formula is C29H27F3N2O4S. The molecule has 1 unspecified atom stereocenters. The van der Waals surface area contributed by atoms with Crippen LogP contribution in [0.25, 0.3) is 27.6 Å². The van der Waals surface area contributed by atoms with Crippen LogP contribution in [-0.4, -0.2) is 43.8 Å². The van der Waals surface area contributed by atoms with E-state index in [1.807, 2.05) is 45.0 Å². The zero-order chi connectivity index (χ0) is 28.1. The standard InChI is InChI=1S/C29H27F3N2O4S/c1-18-15-34(23-11-9-22(10-12-23)33-16-19(2)38-20(3)17-33)28(35)26-6-4-5-25(27(18)26)21-7-13-24(14-8-21)39(36,37)29(30,31)32/h4-15,19-20H,16-17H2,1-3H3/t19-,20?/m1/s1. The fourth-order valence-electron chi connectivity index (χ4n) is 5.19. The summed E-state index contributed by atoms with van der Waals surface area (Å²) < 4.78 is 69.7. The zero-order valence-corrected chi connectivity index (χ0v) is 22.4. The van der Waals surface area contributed by atoms with Gasteiger partial charge in [-0.1, -0.05) is 24.3 Å². The Bertz CT molecular complexity index is 1690. The molecule has 0 bridgehead atoms. The predicted octanol–water partition coefficient (Wildman–Crippen LogP) is 5.87. The van der Waals surface area contributed by atoms with Gasteiger partial charge in [0, 0.05) is 36.0 Å². The molecule has 1 saturated heterocycles. The van der Waals surface area contributed by atoms with Gasteiger partial charge in [0.1, 0.15) is 0 Å². The number of aromatic nitrogens is 1. The van der Waals surface area contributed by atoms with E-state index in [0.29, 0.717) is 27.6 Å². The van der Waals surface area contributed by atoms with Crippen LogP contribution in [0.1, 0.15) is 19.4 Å². The molecule has 6 nitrogen and oxygen atoms in total. The molecule has 0 N–H and O–H groups in total.